The number of quaternary nitrogens is 1. The quantitative estimate of drug-likeness (QED) is 0.0162. The van der Waals surface area contributed by atoms with Gasteiger partial charge in [0.2, 0.25) is 0 Å². The largest absolute Gasteiger partial charge is 0.472 e. The van der Waals surface area contributed by atoms with Crippen molar-refractivity contribution >= 4 is 19.8 Å². The minimum absolute atomic E-state index is 0.0172. The molecular formula is C46H81NO9P+. The van der Waals surface area contributed by atoms with E-state index in [1.165, 1.54) is 57.8 Å². The number of epoxide rings is 1. The summed E-state index contributed by atoms with van der Waals surface area (Å²) in [5.41, 5.74) is 0. The van der Waals surface area contributed by atoms with Crippen LogP contribution in [0.15, 0.2) is 60.8 Å². The van der Waals surface area contributed by atoms with Gasteiger partial charge in [-0.05, 0) is 51.4 Å². The third kappa shape index (κ3) is 35.3. The number of carbonyl (C=O) groups excluding carboxylic acids is 2. The number of ether oxygens (including phenoxy) is 3. The molecule has 0 aromatic carbocycles. The van der Waals surface area contributed by atoms with E-state index < -0.39 is 32.5 Å². The van der Waals surface area contributed by atoms with Crippen LogP contribution in [0.2, 0.25) is 0 Å². The van der Waals surface area contributed by atoms with Gasteiger partial charge >= 0.3 is 19.8 Å². The SMILES string of the molecule is CC/C=C\CC1OC1C/C=C\C/C=C\C/C=C\C/C=C\CCC(=O)OC[C@H](COP(=O)(O)OCC[N+](C)(C)C)OC(=O)CCCCCCCCCCCCCCC. The number of rotatable bonds is 38. The molecule has 1 aliphatic rings. The van der Waals surface area contributed by atoms with Crippen LogP contribution in [0, 0.1) is 0 Å². The molecule has 1 aliphatic heterocycles. The van der Waals surface area contributed by atoms with Crippen molar-refractivity contribution in [3.63, 3.8) is 0 Å². The summed E-state index contributed by atoms with van der Waals surface area (Å²) in [4.78, 5) is 35.3. The third-order valence-corrected chi connectivity index (χ3v) is 10.5. The summed E-state index contributed by atoms with van der Waals surface area (Å²) in [6.45, 7) is 4.20. The number of allylic oxidation sites excluding steroid dienone is 8. The van der Waals surface area contributed by atoms with Crippen molar-refractivity contribution in [2.24, 2.45) is 0 Å². The summed E-state index contributed by atoms with van der Waals surface area (Å²) in [6, 6.07) is 0. The Balaban J connectivity index is 2.32. The van der Waals surface area contributed by atoms with Gasteiger partial charge in [-0.1, -0.05) is 152 Å². The average Bonchev–Trinajstić information content (AvgIpc) is 3.91. The molecule has 0 aromatic heterocycles. The fraction of sp³-hybridized carbons (Fsp3) is 0.739. The maximum atomic E-state index is 12.7. The van der Waals surface area contributed by atoms with Gasteiger partial charge in [0, 0.05) is 12.8 Å². The van der Waals surface area contributed by atoms with Gasteiger partial charge in [-0.3, -0.25) is 18.6 Å². The molecule has 1 fully saturated rings. The van der Waals surface area contributed by atoms with E-state index in [2.05, 4.69) is 62.5 Å². The lowest BCUT2D eigenvalue weighted by Gasteiger charge is -2.24. The van der Waals surface area contributed by atoms with Crippen molar-refractivity contribution in [2.45, 2.75) is 173 Å². The van der Waals surface area contributed by atoms with E-state index in [-0.39, 0.29) is 26.1 Å². The molecule has 4 atom stereocenters. The highest BCUT2D eigenvalue weighted by Gasteiger charge is 2.36. The first kappa shape index (κ1) is 52.7. The van der Waals surface area contributed by atoms with Crippen molar-refractivity contribution in [3.05, 3.63) is 60.8 Å². The number of nitrogens with zero attached hydrogens (tertiary/aromatic N) is 1. The molecule has 328 valence electrons. The minimum atomic E-state index is -4.39. The predicted molar refractivity (Wildman–Crippen MR) is 233 cm³/mol. The highest BCUT2D eigenvalue weighted by atomic mass is 31.2. The third-order valence-electron chi connectivity index (χ3n) is 9.48. The Hall–Kier alpha value is -2.33. The molecule has 11 heteroatoms. The molecular weight excluding hydrogens is 741 g/mol. The summed E-state index contributed by atoms with van der Waals surface area (Å²) < 4.78 is 39.9. The van der Waals surface area contributed by atoms with Gasteiger partial charge < -0.3 is 23.6 Å². The van der Waals surface area contributed by atoms with Gasteiger partial charge in [0.25, 0.3) is 0 Å². The van der Waals surface area contributed by atoms with Crippen LogP contribution in [0.5, 0.6) is 0 Å². The van der Waals surface area contributed by atoms with Gasteiger partial charge in [-0.25, -0.2) is 4.57 Å². The minimum Gasteiger partial charge on any atom is -0.462 e. The Labute approximate surface area is 347 Å². The fourth-order valence-corrected chi connectivity index (χ4v) is 6.65. The van der Waals surface area contributed by atoms with Crippen LogP contribution in [0.25, 0.3) is 0 Å². The molecule has 1 heterocycles. The fourth-order valence-electron chi connectivity index (χ4n) is 5.90. The Morgan fingerprint density at radius 1 is 0.649 bits per heavy atom. The molecule has 0 aliphatic carbocycles. The van der Waals surface area contributed by atoms with E-state index in [1.807, 2.05) is 33.3 Å². The second kappa shape index (κ2) is 34.5. The standard InChI is InChI=1S/C46H80NO9P/c1-6-8-10-11-12-13-14-15-20-23-26-29-33-37-46(49)55-42(41-54-57(50,51)53-39-38-47(3,4)5)40-52-45(48)36-32-28-25-22-19-17-16-18-21-24-27-31-35-44-43(56-44)34-30-9-7-2/h9,17-19,21,25,27-28,30-31,42-44H,6-8,10-16,20,22-24,26,29,32-41H2,1-5H3/p+1/b19-17-,21-18-,28-25-,30-9-,31-27-/t42-,43?,44?/m1/s1. The van der Waals surface area contributed by atoms with Crippen LogP contribution >= 0.6 is 7.82 Å². The lowest BCUT2D eigenvalue weighted by molar-refractivity contribution is -0.870. The summed E-state index contributed by atoms with van der Waals surface area (Å²) in [7, 11) is 1.43. The summed E-state index contributed by atoms with van der Waals surface area (Å²) in [5.74, 6) is -0.902. The van der Waals surface area contributed by atoms with E-state index in [0.717, 1.165) is 57.8 Å². The Morgan fingerprint density at radius 3 is 1.70 bits per heavy atom. The molecule has 57 heavy (non-hydrogen) atoms. The normalized spacial score (nSPS) is 17.7. The first-order valence-electron chi connectivity index (χ1n) is 22.1. The number of hydrogen-bond acceptors (Lipinski definition) is 8. The lowest BCUT2D eigenvalue weighted by Crippen LogP contribution is -2.37. The maximum absolute atomic E-state index is 12.7. The van der Waals surface area contributed by atoms with Gasteiger partial charge in [-0.15, -0.1) is 0 Å². The molecule has 0 aromatic rings. The van der Waals surface area contributed by atoms with E-state index in [0.29, 0.717) is 36.1 Å². The second-order valence-corrected chi connectivity index (χ2v) is 17.5. The van der Waals surface area contributed by atoms with Crippen molar-refractivity contribution in [2.75, 3.05) is 47.5 Å². The van der Waals surface area contributed by atoms with E-state index >= 15 is 0 Å². The van der Waals surface area contributed by atoms with Crippen molar-refractivity contribution in [3.8, 4) is 0 Å². The van der Waals surface area contributed by atoms with E-state index in [1.54, 1.807) is 0 Å². The first-order valence-corrected chi connectivity index (χ1v) is 23.6. The van der Waals surface area contributed by atoms with Gasteiger partial charge in [0.05, 0.1) is 40.0 Å². The van der Waals surface area contributed by atoms with Gasteiger partial charge in [0.15, 0.2) is 6.10 Å². The number of carbonyl (C=O) groups is 2. The molecule has 1 saturated heterocycles. The van der Waals surface area contributed by atoms with Crippen LogP contribution in [0.3, 0.4) is 0 Å². The van der Waals surface area contributed by atoms with Crippen LogP contribution in [0.4, 0.5) is 0 Å². The molecule has 0 saturated carbocycles. The number of phosphoric acid groups is 1. The van der Waals surface area contributed by atoms with Gasteiger partial charge in [-0.2, -0.15) is 0 Å². The molecule has 1 N–H and O–H groups in total. The van der Waals surface area contributed by atoms with E-state index in [9.17, 15) is 19.0 Å². The summed E-state index contributed by atoms with van der Waals surface area (Å²) in [5, 5.41) is 0. The van der Waals surface area contributed by atoms with Crippen LogP contribution in [-0.2, 0) is 37.4 Å². The van der Waals surface area contributed by atoms with Crippen molar-refractivity contribution < 1.29 is 46.8 Å². The van der Waals surface area contributed by atoms with Crippen molar-refractivity contribution in [1.82, 2.24) is 0 Å². The smallest absolute Gasteiger partial charge is 0.462 e. The zero-order valence-corrected chi connectivity index (χ0v) is 37.4. The Kier molecular flexibility index (Phi) is 31.9. The zero-order chi connectivity index (χ0) is 41.9. The molecule has 0 radical (unpaired) electrons. The maximum Gasteiger partial charge on any atom is 0.472 e. The van der Waals surface area contributed by atoms with Gasteiger partial charge in [0.1, 0.15) is 19.8 Å². The summed E-state index contributed by atoms with van der Waals surface area (Å²) in [6.07, 6.45) is 43.2. The number of phosphoric ester groups is 1. The molecule has 3 unspecified atom stereocenters. The molecule has 0 spiro atoms. The number of likely N-dealkylation sites (N-methyl/N-ethyl adjacent to an activating group) is 1. The molecule has 0 amide bonds. The Bertz CT molecular complexity index is 1220. The molecule has 0 bridgehead atoms. The number of esters is 2. The molecule has 1 rings (SSSR count). The average molecular weight is 823 g/mol. The summed E-state index contributed by atoms with van der Waals surface area (Å²) >= 11 is 0. The van der Waals surface area contributed by atoms with Crippen LogP contribution < -0.4 is 0 Å². The topological polar surface area (TPSA) is 121 Å². The second-order valence-electron chi connectivity index (χ2n) is 16.1. The highest BCUT2D eigenvalue weighted by Crippen LogP contribution is 2.43. The first-order chi connectivity index (χ1) is 27.5. The molecule has 10 nitrogen and oxygen atoms in total. The number of hydrogen-bond donors (Lipinski definition) is 1. The monoisotopic (exact) mass is 823 g/mol. The highest BCUT2D eigenvalue weighted by molar-refractivity contribution is 7.47. The zero-order valence-electron chi connectivity index (χ0n) is 36.5. The van der Waals surface area contributed by atoms with Crippen LogP contribution in [0.1, 0.15) is 155 Å². The van der Waals surface area contributed by atoms with Crippen molar-refractivity contribution in [1.29, 1.82) is 0 Å². The Morgan fingerprint density at radius 2 is 1.16 bits per heavy atom. The van der Waals surface area contributed by atoms with Crippen LogP contribution in [-0.4, -0.2) is 87.1 Å². The predicted octanol–water partition coefficient (Wildman–Crippen LogP) is 11.5. The number of unbranched alkanes of at least 4 members (excludes halogenated alkanes) is 12. The lowest BCUT2D eigenvalue weighted by atomic mass is 10.0. The van der Waals surface area contributed by atoms with E-state index in [4.69, 9.17) is 23.3 Å².